The SMILES string of the molecule is CC/C=C\C/C=C\C/C=C\C/C=C\C/C=C\C/C=C\C/C=C\C/C=C\C/C=C\CCCC(=O)NC(COC1OC(CO)C(O)C(O)C1O)C(O)/C=C/CC/C=C/CC/C=C/CCCCC. The maximum absolute atomic E-state index is 13.0. The molecular formula is C56H87NO8. The Bertz CT molecular complexity index is 1510. The minimum Gasteiger partial charge on any atom is -0.394 e. The van der Waals surface area contributed by atoms with E-state index in [-0.39, 0.29) is 18.9 Å². The Morgan fingerprint density at radius 3 is 1.42 bits per heavy atom. The van der Waals surface area contributed by atoms with E-state index < -0.39 is 49.5 Å². The van der Waals surface area contributed by atoms with E-state index in [1.165, 1.54) is 19.3 Å². The van der Waals surface area contributed by atoms with E-state index in [0.717, 1.165) is 89.9 Å². The lowest BCUT2D eigenvalue weighted by molar-refractivity contribution is -0.302. The Morgan fingerprint density at radius 2 is 0.954 bits per heavy atom. The Labute approximate surface area is 393 Å². The van der Waals surface area contributed by atoms with Crippen LogP contribution in [0.15, 0.2) is 146 Å². The third-order valence-electron chi connectivity index (χ3n) is 10.4. The van der Waals surface area contributed by atoms with Gasteiger partial charge in [-0.25, -0.2) is 0 Å². The van der Waals surface area contributed by atoms with Crippen LogP contribution >= 0.6 is 0 Å². The number of aliphatic hydroxyl groups excluding tert-OH is 5. The molecule has 1 rings (SSSR count). The Morgan fingerprint density at radius 1 is 0.538 bits per heavy atom. The van der Waals surface area contributed by atoms with Crippen molar-refractivity contribution in [2.75, 3.05) is 13.2 Å². The Hall–Kier alpha value is -3.93. The highest BCUT2D eigenvalue weighted by Gasteiger charge is 2.44. The van der Waals surface area contributed by atoms with Gasteiger partial charge < -0.3 is 40.3 Å². The summed E-state index contributed by atoms with van der Waals surface area (Å²) < 4.78 is 11.2. The maximum Gasteiger partial charge on any atom is 0.220 e. The van der Waals surface area contributed by atoms with Crippen molar-refractivity contribution < 1.29 is 39.8 Å². The lowest BCUT2D eigenvalue weighted by Gasteiger charge is -2.40. The van der Waals surface area contributed by atoms with Crippen LogP contribution in [0.25, 0.3) is 0 Å². The molecule has 1 saturated heterocycles. The van der Waals surface area contributed by atoms with Crippen molar-refractivity contribution >= 4 is 5.91 Å². The molecule has 1 amide bonds. The van der Waals surface area contributed by atoms with Crippen LogP contribution in [0.4, 0.5) is 0 Å². The van der Waals surface area contributed by atoms with Crippen LogP contribution < -0.4 is 5.32 Å². The van der Waals surface area contributed by atoms with Gasteiger partial charge in [0.2, 0.25) is 5.91 Å². The molecule has 0 spiro atoms. The van der Waals surface area contributed by atoms with Gasteiger partial charge in [0.05, 0.1) is 25.4 Å². The molecule has 0 saturated carbocycles. The highest BCUT2D eigenvalue weighted by Crippen LogP contribution is 2.22. The molecule has 364 valence electrons. The predicted octanol–water partition coefficient (Wildman–Crippen LogP) is 11.2. The molecule has 1 heterocycles. The largest absolute Gasteiger partial charge is 0.394 e. The van der Waals surface area contributed by atoms with Crippen LogP contribution in [0.1, 0.15) is 142 Å². The zero-order chi connectivity index (χ0) is 47.3. The van der Waals surface area contributed by atoms with Gasteiger partial charge in [-0.1, -0.05) is 173 Å². The van der Waals surface area contributed by atoms with Crippen LogP contribution in [0, 0.1) is 0 Å². The molecule has 9 nitrogen and oxygen atoms in total. The summed E-state index contributed by atoms with van der Waals surface area (Å²) >= 11 is 0. The van der Waals surface area contributed by atoms with Gasteiger partial charge in [-0.2, -0.15) is 0 Å². The molecule has 7 unspecified atom stereocenters. The zero-order valence-electron chi connectivity index (χ0n) is 39.9. The smallest absolute Gasteiger partial charge is 0.220 e. The number of rotatable bonds is 38. The van der Waals surface area contributed by atoms with Crippen molar-refractivity contribution in [1.82, 2.24) is 5.32 Å². The highest BCUT2D eigenvalue weighted by molar-refractivity contribution is 5.76. The molecule has 1 aliphatic rings. The topological polar surface area (TPSA) is 149 Å². The normalized spacial score (nSPS) is 21.2. The molecule has 0 radical (unpaired) electrons. The van der Waals surface area contributed by atoms with Crippen molar-refractivity contribution in [1.29, 1.82) is 0 Å². The van der Waals surface area contributed by atoms with E-state index in [0.29, 0.717) is 12.8 Å². The standard InChI is InChI=1S/C56H87NO8/c1-3-5-7-9-11-13-15-17-18-19-20-21-22-23-24-25-26-27-28-29-30-31-32-34-36-38-40-42-44-46-52(60)57-49(48-64-56-55(63)54(62)53(61)51(47-58)65-56)50(59)45-43-41-39-37-35-33-16-14-12-10-8-6-4-2/h5,7,11-14,17-18,20-21,23-24,26-27,29-30,32,34-35,37-38,40,43,45,49-51,53-56,58-59,61-63H,3-4,6,8-10,15-16,19,22,25,28,31,33,36,39,41-42,44,46-48H2,1-2H3,(H,57,60)/b7-5-,13-11-,14-12+,18-17-,21-20-,24-23-,27-26-,30-29-,34-32-,37-35+,40-38-,45-43+. The van der Waals surface area contributed by atoms with Crippen LogP contribution in [0.3, 0.4) is 0 Å². The Kier molecular flexibility index (Phi) is 39.9. The van der Waals surface area contributed by atoms with Gasteiger partial charge in [0.25, 0.3) is 0 Å². The lowest BCUT2D eigenvalue weighted by atomic mass is 9.99. The molecule has 0 aliphatic carbocycles. The summed E-state index contributed by atoms with van der Waals surface area (Å²) in [6.07, 6.45) is 61.9. The first-order valence-electron chi connectivity index (χ1n) is 24.6. The van der Waals surface area contributed by atoms with Crippen LogP contribution in [-0.4, -0.2) is 87.5 Å². The Balaban J connectivity index is 2.37. The number of carbonyl (C=O) groups is 1. The zero-order valence-corrected chi connectivity index (χ0v) is 39.9. The van der Waals surface area contributed by atoms with E-state index in [1.54, 1.807) is 6.08 Å². The van der Waals surface area contributed by atoms with E-state index in [1.807, 2.05) is 6.08 Å². The summed E-state index contributed by atoms with van der Waals surface area (Å²) in [5, 5.41) is 54.1. The van der Waals surface area contributed by atoms with Crippen molar-refractivity contribution in [3.63, 3.8) is 0 Å². The first-order chi connectivity index (χ1) is 31.8. The molecule has 1 fully saturated rings. The number of allylic oxidation sites excluding steroid dienone is 23. The lowest BCUT2D eigenvalue weighted by Crippen LogP contribution is -2.60. The molecule has 7 atom stereocenters. The van der Waals surface area contributed by atoms with E-state index in [4.69, 9.17) is 9.47 Å². The second-order valence-electron chi connectivity index (χ2n) is 16.1. The van der Waals surface area contributed by atoms with Gasteiger partial charge in [0, 0.05) is 6.42 Å². The summed E-state index contributed by atoms with van der Waals surface area (Å²) in [5.41, 5.74) is 0. The molecule has 9 heteroatoms. The second kappa shape index (κ2) is 43.9. The fraction of sp³-hybridized carbons (Fsp3) is 0.554. The van der Waals surface area contributed by atoms with Crippen LogP contribution in [0.2, 0.25) is 0 Å². The second-order valence-corrected chi connectivity index (χ2v) is 16.1. The quantitative estimate of drug-likeness (QED) is 0.0265. The number of ether oxygens (including phenoxy) is 2. The van der Waals surface area contributed by atoms with E-state index >= 15 is 0 Å². The van der Waals surface area contributed by atoms with E-state index in [2.05, 4.69) is 153 Å². The van der Waals surface area contributed by atoms with Crippen molar-refractivity contribution in [3.8, 4) is 0 Å². The van der Waals surface area contributed by atoms with Gasteiger partial charge in [0.15, 0.2) is 6.29 Å². The molecule has 0 bridgehead atoms. The van der Waals surface area contributed by atoms with Gasteiger partial charge in [0.1, 0.15) is 24.4 Å². The number of hydrogen-bond donors (Lipinski definition) is 6. The average molecular weight is 902 g/mol. The average Bonchev–Trinajstić information content (AvgIpc) is 3.31. The molecule has 0 aromatic heterocycles. The first-order valence-corrected chi connectivity index (χ1v) is 24.6. The number of nitrogens with one attached hydrogen (secondary N) is 1. The molecule has 0 aromatic carbocycles. The fourth-order valence-electron chi connectivity index (χ4n) is 6.48. The minimum atomic E-state index is -1.59. The number of amides is 1. The summed E-state index contributed by atoms with van der Waals surface area (Å²) in [6, 6.07) is -0.869. The summed E-state index contributed by atoms with van der Waals surface area (Å²) in [4.78, 5) is 13.0. The minimum absolute atomic E-state index is 0.240. The van der Waals surface area contributed by atoms with Gasteiger partial charge in [-0.3, -0.25) is 4.79 Å². The number of hydrogen-bond acceptors (Lipinski definition) is 8. The maximum atomic E-state index is 13.0. The molecule has 0 aromatic rings. The third kappa shape index (κ3) is 34.1. The number of carbonyl (C=O) groups excluding carboxylic acids is 1. The van der Waals surface area contributed by atoms with Crippen LogP contribution in [-0.2, 0) is 14.3 Å². The summed E-state index contributed by atoms with van der Waals surface area (Å²) in [6.45, 7) is 3.53. The molecule has 6 N–H and O–H groups in total. The molecule has 1 aliphatic heterocycles. The van der Waals surface area contributed by atoms with Gasteiger partial charge >= 0.3 is 0 Å². The monoisotopic (exact) mass is 902 g/mol. The van der Waals surface area contributed by atoms with Gasteiger partial charge in [-0.15, -0.1) is 0 Å². The van der Waals surface area contributed by atoms with Crippen molar-refractivity contribution in [2.24, 2.45) is 0 Å². The van der Waals surface area contributed by atoms with E-state index in [9.17, 15) is 30.3 Å². The fourth-order valence-corrected chi connectivity index (χ4v) is 6.48. The highest BCUT2D eigenvalue weighted by atomic mass is 16.7. The molecule has 65 heavy (non-hydrogen) atoms. The third-order valence-corrected chi connectivity index (χ3v) is 10.4. The number of unbranched alkanes of at least 4 members (excludes halogenated alkanes) is 6. The summed E-state index contributed by atoms with van der Waals surface area (Å²) in [5.74, 6) is -0.258. The molecular weight excluding hydrogens is 815 g/mol. The summed E-state index contributed by atoms with van der Waals surface area (Å²) in [7, 11) is 0. The number of aliphatic hydroxyl groups is 5. The van der Waals surface area contributed by atoms with Crippen molar-refractivity contribution in [3.05, 3.63) is 146 Å². The first kappa shape index (κ1) is 59.1. The van der Waals surface area contributed by atoms with Crippen molar-refractivity contribution in [2.45, 2.75) is 185 Å². The van der Waals surface area contributed by atoms with Gasteiger partial charge in [-0.05, 0) is 109 Å². The van der Waals surface area contributed by atoms with Crippen LogP contribution in [0.5, 0.6) is 0 Å². The predicted molar refractivity (Wildman–Crippen MR) is 271 cm³/mol.